The van der Waals surface area contributed by atoms with E-state index >= 15 is 0 Å². The number of methoxy groups -OCH3 is 1. The molecule has 1 N–H and O–H groups in total. The molecule has 1 aromatic heterocycles. The molecule has 0 radical (unpaired) electrons. The van der Waals surface area contributed by atoms with Crippen LogP contribution >= 0.6 is 0 Å². The molecule has 0 aliphatic rings. The molecule has 0 aliphatic carbocycles. The molecule has 1 heterocycles. The van der Waals surface area contributed by atoms with E-state index in [9.17, 15) is 4.79 Å². The summed E-state index contributed by atoms with van der Waals surface area (Å²) in [5.41, 5.74) is 0.840. The van der Waals surface area contributed by atoms with Crippen LogP contribution < -0.4 is 10.1 Å². The number of hydrogen-bond donors (Lipinski definition) is 1. The smallest absolute Gasteiger partial charge is 0.249 e. The zero-order chi connectivity index (χ0) is 12.7. The summed E-state index contributed by atoms with van der Waals surface area (Å²) >= 11 is 0. The maximum atomic E-state index is 11.6. The highest BCUT2D eigenvalue weighted by Gasteiger charge is 2.12. The number of amides is 1. The molecule has 17 heavy (non-hydrogen) atoms. The minimum absolute atomic E-state index is 0.141. The van der Waals surface area contributed by atoms with Crippen LogP contribution in [0, 0.1) is 0 Å². The zero-order valence-corrected chi connectivity index (χ0v) is 10.4. The molecule has 5 heteroatoms. The standard InChI is InChI=1S/C12H18N2O3/c1-4-17-9(2)11(15)14-8-10-6-5-7-13-12(10)16-3/h5-7,9H,4,8H2,1-3H3,(H,14,15). The van der Waals surface area contributed by atoms with Crippen molar-refractivity contribution < 1.29 is 14.3 Å². The average Bonchev–Trinajstić information content (AvgIpc) is 2.36. The molecule has 1 unspecified atom stereocenters. The number of carbonyl (C=O) groups excluding carboxylic acids is 1. The average molecular weight is 238 g/mol. The number of hydrogen-bond acceptors (Lipinski definition) is 4. The number of nitrogens with one attached hydrogen (secondary N) is 1. The first-order valence-electron chi connectivity index (χ1n) is 5.56. The van der Waals surface area contributed by atoms with Crippen LogP contribution in [0.3, 0.4) is 0 Å². The predicted octanol–water partition coefficient (Wildman–Crippen LogP) is 1.13. The highest BCUT2D eigenvalue weighted by Crippen LogP contribution is 2.12. The van der Waals surface area contributed by atoms with Crippen molar-refractivity contribution in [3.8, 4) is 5.88 Å². The first kappa shape index (κ1) is 13.4. The van der Waals surface area contributed by atoms with Crippen molar-refractivity contribution in [1.82, 2.24) is 10.3 Å². The summed E-state index contributed by atoms with van der Waals surface area (Å²) in [5, 5.41) is 2.77. The molecule has 0 bridgehead atoms. The monoisotopic (exact) mass is 238 g/mol. The van der Waals surface area contributed by atoms with Gasteiger partial charge in [0.2, 0.25) is 11.8 Å². The molecule has 0 saturated carbocycles. The Kier molecular flexibility index (Phi) is 5.42. The van der Waals surface area contributed by atoms with Crippen LogP contribution in [0.4, 0.5) is 0 Å². The molecule has 0 spiro atoms. The van der Waals surface area contributed by atoms with Gasteiger partial charge in [0.15, 0.2) is 0 Å². The molecule has 1 aromatic rings. The lowest BCUT2D eigenvalue weighted by atomic mass is 10.2. The lowest BCUT2D eigenvalue weighted by molar-refractivity contribution is -0.131. The molecular weight excluding hydrogens is 220 g/mol. The van der Waals surface area contributed by atoms with Gasteiger partial charge in [-0.3, -0.25) is 4.79 Å². The maximum Gasteiger partial charge on any atom is 0.249 e. The van der Waals surface area contributed by atoms with Crippen molar-refractivity contribution >= 4 is 5.91 Å². The minimum atomic E-state index is -0.442. The molecule has 5 nitrogen and oxygen atoms in total. The molecule has 0 fully saturated rings. The van der Waals surface area contributed by atoms with E-state index < -0.39 is 6.10 Å². The van der Waals surface area contributed by atoms with Gasteiger partial charge in [0.05, 0.1) is 7.11 Å². The number of ether oxygens (including phenoxy) is 2. The number of pyridine rings is 1. The van der Waals surface area contributed by atoms with E-state index in [-0.39, 0.29) is 5.91 Å². The van der Waals surface area contributed by atoms with E-state index in [1.54, 1.807) is 26.3 Å². The van der Waals surface area contributed by atoms with Crippen molar-refractivity contribution in [1.29, 1.82) is 0 Å². The van der Waals surface area contributed by atoms with Crippen LogP contribution in [0.15, 0.2) is 18.3 Å². The third-order valence-corrected chi connectivity index (χ3v) is 2.28. The third kappa shape index (κ3) is 4.03. The van der Waals surface area contributed by atoms with Crippen LogP contribution in [0.25, 0.3) is 0 Å². The zero-order valence-electron chi connectivity index (χ0n) is 10.4. The third-order valence-electron chi connectivity index (χ3n) is 2.28. The van der Waals surface area contributed by atoms with Crippen molar-refractivity contribution in [3.05, 3.63) is 23.9 Å². The molecule has 1 rings (SSSR count). The Bertz CT molecular complexity index is 369. The highest BCUT2D eigenvalue weighted by atomic mass is 16.5. The second-order valence-electron chi connectivity index (χ2n) is 3.49. The van der Waals surface area contributed by atoms with E-state index in [0.717, 1.165) is 5.56 Å². The molecule has 0 aliphatic heterocycles. The highest BCUT2D eigenvalue weighted by molar-refractivity contribution is 5.80. The normalized spacial score (nSPS) is 11.9. The van der Waals surface area contributed by atoms with Gasteiger partial charge in [0.25, 0.3) is 0 Å². The number of rotatable bonds is 6. The Morgan fingerprint density at radius 2 is 2.35 bits per heavy atom. The fraction of sp³-hybridized carbons (Fsp3) is 0.500. The quantitative estimate of drug-likeness (QED) is 0.807. The number of carbonyl (C=O) groups is 1. The molecule has 1 atom stereocenters. The first-order chi connectivity index (χ1) is 8.19. The number of nitrogens with zero attached hydrogens (tertiary/aromatic N) is 1. The first-order valence-corrected chi connectivity index (χ1v) is 5.56. The fourth-order valence-electron chi connectivity index (χ4n) is 1.39. The van der Waals surface area contributed by atoms with Crippen LogP contribution in [0.2, 0.25) is 0 Å². The molecule has 0 aromatic carbocycles. The summed E-state index contributed by atoms with van der Waals surface area (Å²) in [6, 6.07) is 3.66. The SMILES string of the molecule is CCOC(C)C(=O)NCc1cccnc1OC. The van der Waals surface area contributed by atoms with Gasteiger partial charge in [-0.15, -0.1) is 0 Å². The summed E-state index contributed by atoms with van der Waals surface area (Å²) in [4.78, 5) is 15.7. The van der Waals surface area contributed by atoms with Gasteiger partial charge < -0.3 is 14.8 Å². The Hall–Kier alpha value is -1.62. The largest absolute Gasteiger partial charge is 0.481 e. The van der Waals surface area contributed by atoms with Crippen LogP contribution in [0.5, 0.6) is 5.88 Å². The van der Waals surface area contributed by atoms with E-state index in [0.29, 0.717) is 19.0 Å². The lowest BCUT2D eigenvalue weighted by Gasteiger charge is -2.12. The molecule has 0 saturated heterocycles. The van der Waals surface area contributed by atoms with E-state index in [1.807, 2.05) is 13.0 Å². The Morgan fingerprint density at radius 1 is 1.59 bits per heavy atom. The van der Waals surface area contributed by atoms with Gasteiger partial charge in [-0.05, 0) is 19.9 Å². The molecule has 94 valence electrons. The van der Waals surface area contributed by atoms with Crippen LogP contribution in [0.1, 0.15) is 19.4 Å². The summed E-state index contributed by atoms with van der Waals surface area (Å²) in [5.74, 6) is 0.384. The summed E-state index contributed by atoms with van der Waals surface area (Å²) in [6.07, 6.45) is 1.20. The summed E-state index contributed by atoms with van der Waals surface area (Å²) in [7, 11) is 1.55. The molecule has 1 amide bonds. The van der Waals surface area contributed by atoms with Crippen molar-refractivity contribution in [2.45, 2.75) is 26.5 Å². The number of aromatic nitrogens is 1. The Balaban J connectivity index is 2.52. The maximum absolute atomic E-state index is 11.6. The van der Waals surface area contributed by atoms with Crippen molar-refractivity contribution in [3.63, 3.8) is 0 Å². The fourth-order valence-corrected chi connectivity index (χ4v) is 1.39. The predicted molar refractivity (Wildman–Crippen MR) is 63.7 cm³/mol. The summed E-state index contributed by atoms with van der Waals surface area (Å²) in [6.45, 7) is 4.48. The van der Waals surface area contributed by atoms with Crippen molar-refractivity contribution in [2.24, 2.45) is 0 Å². The van der Waals surface area contributed by atoms with Gasteiger partial charge in [-0.2, -0.15) is 0 Å². The summed E-state index contributed by atoms with van der Waals surface area (Å²) < 4.78 is 10.3. The van der Waals surface area contributed by atoms with Crippen LogP contribution in [-0.4, -0.2) is 30.7 Å². The Morgan fingerprint density at radius 3 is 3.00 bits per heavy atom. The second kappa shape index (κ2) is 6.85. The molecular formula is C12H18N2O3. The van der Waals surface area contributed by atoms with E-state index in [2.05, 4.69) is 10.3 Å². The van der Waals surface area contributed by atoms with Gasteiger partial charge in [0, 0.05) is 24.9 Å². The minimum Gasteiger partial charge on any atom is -0.481 e. The van der Waals surface area contributed by atoms with Gasteiger partial charge in [-0.25, -0.2) is 4.98 Å². The van der Waals surface area contributed by atoms with Gasteiger partial charge >= 0.3 is 0 Å². The van der Waals surface area contributed by atoms with Gasteiger partial charge in [0.1, 0.15) is 6.10 Å². The second-order valence-corrected chi connectivity index (χ2v) is 3.49. The van der Waals surface area contributed by atoms with E-state index in [4.69, 9.17) is 9.47 Å². The topological polar surface area (TPSA) is 60.5 Å². The van der Waals surface area contributed by atoms with Crippen molar-refractivity contribution in [2.75, 3.05) is 13.7 Å². The van der Waals surface area contributed by atoms with Crippen LogP contribution in [-0.2, 0) is 16.1 Å². The lowest BCUT2D eigenvalue weighted by Crippen LogP contribution is -2.34. The van der Waals surface area contributed by atoms with Gasteiger partial charge in [-0.1, -0.05) is 6.07 Å². The van der Waals surface area contributed by atoms with E-state index in [1.165, 1.54) is 0 Å². The Labute approximate surface area is 101 Å².